The highest BCUT2D eigenvalue weighted by Gasteiger charge is 2.26. The summed E-state index contributed by atoms with van der Waals surface area (Å²) >= 11 is 0. The number of benzene rings is 1. The Balaban J connectivity index is 2.11. The minimum Gasteiger partial charge on any atom is -0.484 e. The monoisotopic (exact) mass is 312 g/mol. The maximum Gasteiger partial charge on any atom is 0.290 e. The van der Waals surface area contributed by atoms with Crippen molar-refractivity contribution in [1.29, 1.82) is 5.41 Å². The molecule has 122 valence electrons. The normalized spacial score (nSPS) is 15.7. The van der Waals surface area contributed by atoms with Crippen molar-refractivity contribution in [2.45, 2.75) is 46.1 Å². The molecule has 2 N–H and O–H groups in total. The average Bonchev–Trinajstić information content (AvgIpc) is 2.94. The Kier molecular flexibility index (Phi) is 5.74. The van der Waals surface area contributed by atoms with Crippen molar-refractivity contribution in [3.8, 4) is 0 Å². The molecule has 0 fully saturated rings. The van der Waals surface area contributed by atoms with Crippen molar-refractivity contribution in [2.75, 3.05) is 0 Å². The SMILES string of the molecule is CC/C=C(\C)NC(=O)/C(OC1Cc2ccccc2C1)=C(/C)C=N. The lowest BCUT2D eigenvalue weighted by molar-refractivity contribution is -0.121. The number of nitrogens with one attached hydrogen (secondary N) is 2. The molecular weight excluding hydrogens is 288 g/mol. The van der Waals surface area contributed by atoms with Crippen LogP contribution in [0, 0.1) is 5.41 Å². The first-order valence-corrected chi connectivity index (χ1v) is 7.98. The zero-order valence-corrected chi connectivity index (χ0v) is 14.0. The molecule has 0 bridgehead atoms. The van der Waals surface area contributed by atoms with Crippen LogP contribution in [-0.4, -0.2) is 18.2 Å². The Morgan fingerprint density at radius 2 is 1.91 bits per heavy atom. The zero-order chi connectivity index (χ0) is 16.8. The lowest BCUT2D eigenvalue weighted by Crippen LogP contribution is -2.28. The van der Waals surface area contributed by atoms with E-state index in [-0.39, 0.29) is 17.8 Å². The smallest absolute Gasteiger partial charge is 0.290 e. The number of carbonyl (C=O) groups excluding carboxylic acids is 1. The van der Waals surface area contributed by atoms with Crippen LogP contribution < -0.4 is 5.32 Å². The number of fused-ring (bicyclic) bond motifs is 1. The molecule has 0 atom stereocenters. The molecule has 1 amide bonds. The first-order valence-electron chi connectivity index (χ1n) is 7.98. The van der Waals surface area contributed by atoms with Crippen LogP contribution in [0.4, 0.5) is 0 Å². The topological polar surface area (TPSA) is 62.2 Å². The Hall–Kier alpha value is -2.36. The van der Waals surface area contributed by atoms with Gasteiger partial charge in [-0.1, -0.05) is 37.3 Å². The first-order chi connectivity index (χ1) is 11.0. The summed E-state index contributed by atoms with van der Waals surface area (Å²) in [5.74, 6) is -0.0502. The third-order valence-corrected chi connectivity index (χ3v) is 3.90. The highest BCUT2D eigenvalue weighted by molar-refractivity contribution is 5.98. The fraction of sp³-hybridized carbons (Fsp3) is 0.368. The van der Waals surface area contributed by atoms with Crippen LogP contribution >= 0.6 is 0 Å². The quantitative estimate of drug-likeness (QED) is 0.479. The average molecular weight is 312 g/mol. The molecule has 1 aromatic carbocycles. The minimum absolute atomic E-state index is 0.0569. The van der Waals surface area contributed by atoms with Gasteiger partial charge in [-0.15, -0.1) is 0 Å². The van der Waals surface area contributed by atoms with E-state index in [1.807, 2.05) is 32.1 Å². The van der Waals surface area contributed by atoms with Gasteiger partial charge in [0.15, 0.2) is 5.76 Å². The summed E-state index contributed by atoms with van der Waals surface area (Å²) in [5, 5.41) is 10.3. The highest BCUT2D eigenvalue weighted by Crippen LogP contribution is 2.26. The van der Waals surface area contributed by atoms with E-state index in [1.165, 1.54) is 11.1 Å². The molecule has 4 heteroatoms. The third-order valence-electron chi connectivity index (χ3n) is 3.90. The molecule has 0 aliphatic heterocycles. The van der Waals surface area contributed by atoms with Crippen LogP contribution in [0.15, 0.2) is 47.4 Å². The van der Waals surface area contributed by atoms with Crippen molar-refractivity contribution in [2.24, 2.45) is 0 Å². The van der Waals surface area contributed by atoms with Crippen LogP contribution in [0.25, 0.3) is 0 Å². The van der Waals surface area contributed by atoms with Gasteiger partial charge in [0.2, 0.25) is 0 Å². The minimum atomic E-state index is -0.288. The number of rotatable bonds is 6. The Morgan fingerprint density at radius 1 is 1.30 bits per heavy atom. The number of allylic oxidation sites excluding steroid dienone is 3. The van der Waals surface area contributed by atoms with Crippen LogP contribution in [0.5, 0.6) is 0 Å². The van der Waals surface area contributed by atoms with Crippen LogP contribution in [0.1, 0.15) is 38.3 Å². The van der Waals surface area contributed by atoms with Gasteiger partial charge in [0.25, 0.3) is 5.91 Å². The summed E-state index contributed by atoms with van der Waals surface area (Å²) in [6.07, 6.45) is 5.49. The van der Waals surface area contributed by atoms with Gasteiger partial charge >= 0.3 is 0 Å². The maximum absolute atomic E-state index is 12.5. The summed E-state index contributed by atoms with van der Waals surface area (Å²) in [5.41, 5.74) is 3.87. The first kappa shape index (κ1) is 17.0. The van der Waals surface area contributed by atoms with Crippen LogP contribution in [0.2, 0.25) is 0 Å². The summed E-state index contributed by atoms with van der Waals surface area (Å²) < 4.78 is 5.98. The van der Waals surface area contributed by atoms with Gasteiger partial charge in [-0.2, -0.15) is 0 Å². The second kappa shape index (κ2) is 7.77. The summed E-state index contributed by atoms with van der Waals surface area (Å²) in [6, 6.07) is 8.23. The third kappa shape index (κ3) is 4.31. The molecule has 1 aromatic rings. The van der Waals surface area contributed by atoms with Gasteiger partial charge in [-0.05, 0) is 31.4 Å². The van der Waals surface area contributed by atoms with E-state index < -0.39 is 0 Å². The van der Waals surface area contributed by atoms with Gasteiger partial charge in [0, 0.05) is 30.3 Å². The molecule has 2 rings (SSSR count). The Labute approximate surface area is 137 Å². The molecule has 1 aliphatic rings. The fourth-order valence-electron chi connectivity index (χ4n) is 2.75. The lowest BCUT2D eigenvalue weighted by Gasteiger charge is -2.17. The van der Waals surface area contributed by atoms with E-state index in [1.54, 1.807) is 6.92 Å². The largest absolute Gasteiger partial charge is 0.484 e. The number of hydrogen-bond acceptors (Lipinski definition) is 3. The van der Waals surface area contributed by atoms with Gasteiger partial charge in [-0.25, -0.2) is 0 Å². The van der Waals surface area contributed by atoms with Gasteiger partial charge in [0.1, 0.15) is 6.10 Å². The van der Waals surface area contributed by atoms with Crippen molar-refractivity contribution in [3.05, 3.63) is 58.5 Å². The summed E-state index contributed by atoms with van der Waals surface area (Å²) in [4.78, 5) is 12.5. The van der Waals surface area contributed by atoms with E-state index >= 15 is 0 Å². The standard InChI is InChI=1S/C19H24N2O2/c1-4-7-14(3)21-19(22)18(13(2)12-20)23-17-10-15-8-5-6-9-16(15)11-17/h5-9,12,17,20H,4,10-11H2,1-3H3,(H,21,22)/b14-7+,18-13+,20-12?. The number of hydrogen-bond donors (Lipinski definition) is 2. The molecule has 0 unspecified atom stereocenters. The van der Waals surface area contributed by atoms with E-state index in [0.29, 0.717) is 5.57 Å². The molecule has 0 saturated carbocycles. The Morgan fingerprint density at radius 3 is 2.43 bits per heavy atom. The molecule has 0 heterocycles. The van der Waals surface area contributed by atoms with Crippen LogP contribution in [-0.2, 0) is 22.4 Å². The second-order valence-electron chi connectivity index (χ2n) is 5.82. The number of carbonyl (C=O) groups is 1. The summed E-state index contributed by atoms with van der Waals surface area (Å²) in [6.45, 7) is 5.59. The van der Waals surface area contributed by atoms with E-state index in [2.05, 4.69) is 17.4 Å². The van der Waals surface area contributed by atoms with E-state index in [9.17, 15) is 4.79 Å². The van der Waals surface area contributed by atoms with Crippen molar-refractivity contribution < 1.29 is 9.53 Å². The second-order valence-corrected chi connectivity index (χ2v) is 5.82. The van der Waals surface area contributed by atoms with Gasteiger partial charge in [-0.3, -0.25) is 4.79 Å². The molecule has 0 aromatic heterocycles. The molecule has 0 spiro atoms. The van der Waals surface area contributed by atoms with Crippen molar-refractivity contribution >= 4 is 12.1 Å². The zero-order valence-electron chi connectivity index (χ0n) is 14.0. The predicted molar refractivity (Wildman–Crippen MR) is 92.4 cm³/mol. The molecule has 0 saturated heterocycles. The van der Waals surface area contributed by atoms with E-state index in [0.717, 1.165) is 31.2 Å². The molecule has 1 aliphatic carbocycles. The fourth-order valence-corrected chi connectivity index (χ4v) is 2.75. The lowest BCUT2D eigenvalue weighted by atomic mass is 10.1. The predicted octanol–water partition coefficient (Wildman–Crippen LogP) is 3.52. The van der Waals surface area contributed by atoms with Crippen molar-refractivity contribution in [3.63, 3.8) is 0 Å². The highest BCUT2D eigenvalue weighted by atomic mass is 16.5. The molecular formula is C19H24N2O2. The number of ether oxygens (including phenoxy) is 1. The number of amides is 1. The molecule has 4 nitrogen and oxygen atoms in total. The summed E-state index contributed by atoms with van der Waals surface area (Å²) in [7, 11) is 0. The van der Waals surface area contributed by atoms with Gasteiger partial charge < -0.3 is 15.5 Å². The van der Waals surface area contributed by atoms with Crippen LogP contribution in [0.3, 0.4) is 0 Å². The van der Waals surface area contributed by atoms with Gasteiger partial charge in [0.05, 0.1) is 0 Å². The molecule has 0 radical (unpaired) electrons. The maximum atomic E-state index is 12.5. The van der Waals surface area contributed by atoms with E-state index in [4.69, 9.17) is 10.1 Å². The molecule has 23 heavy (non-hydrogen) atoms. The Bertz CT molecular complexity index is 634. The van der Waals surface area contributed by atoms with Crippen molar-refractivity contribution in [1.82, 2.24) is 5.32 Å².